The first-order valence-electron chi connectivity index (χ1n) is 19.8. The number of aryl methyl sites for hydroxylation is 2. The molecule has 57 heavy (non-hydrogen) atoms. The Labute approximate surface area is 336 Å². The number of allylic oxidation sites excluding steroid dienone is 3. The lowest BCUT2D eigenvalue weighted by Crippen LogP contribution is -2.21. The number of hydrogen-bond acceptors (Lipinski definition) is 4. The number of benzene rings is 8. The van der Waals surface area contributed by atoms with Crippen molar-refractivity contribution in [2.45, 2.75) is 53.9 Å². The van der Waals surface area contributed by atoms with Crippen LogP contribution in [0.4, 0.5) is 39.8 Å². The number of rotatable bonds is 3. The van der Waals surface area contributed by atoms with Gasteiger partial charge in [0.25, 0.3) is 0 Å². The second-order valence-electron chi connectivity index (χ2n) is 16.4. The van der Waals surface area contributed by atoms with E-state index in [1.165, 1.54) is 49.0 Å². The second-order valence-corrected chi connectivity index (χ2v) is 16.4. The average molecular weight is 739 g/mol. The van der Waals surface area contributed by atoms with Gasteiger partial charge in [-0.2, -0.15) is 5.26 Å². The average Bonchev–Trinajstić information content (AvgIpc) is 3.21. The van der Waals surface area contributed by atoms with Crippen LogP contribution < -0.4 is 14.7 Å². The van der Waals surface area contributed by atoms with E-state index in [-0.39, 0.29) is 5.41 Å². The molecule has 0 unspecified atom stereocenters. The molecule has 0 atom stereocenters. The Morgan fingerprint density at radius 3 is 1.58 bits per heavy atom. The highest BCUT2D eigenvalue weighted by Gasteiger charge is 2.27. The van der Waals surface area contributed by atoms with Crippen molar-refractivity contribution < 1.29 is 0 Å². The van der Waals surface area contributed by atoms with E-state index in [1.54, 1.807) is 0 Å². The zero-order valence-electron chi connectivity index (χ0n) is 33.7. The largest absolute Gasteiger partial charge is 0.314 e. The number of anilines is 7. The van der Waals surface area contributed by atoms with Gasteiger partial charge in [-0.05, 0) is 134 Å². The van der Waals surface area contributed by atoms with Gasteiger partial charge in [-0.1, -0.05) is 105 Å². The number of nitriles is 1. The monoisotopic (exact) mass is 738 g/mol. The van der Waals surface area contributed by atoms with Gasteiger partial charge in [0.1, 0.15) is 0 Å². The lowest BCUT2D eigenvalue weighted by Gasteiger charge is -2.35. The van der Waals surface area contributed by atoms with Crippen LogP contribution in [0.5, 0.6) is 0 Å². The highest BCUT2D eigenvalue weighted by Crippen LogP contribution is 2.51. The molecule has 278 valence electrons. The summed E-state index contributed by atoms with van der Waals surface area (Å²) in [6, 6.07) is 53.3. The van der Waals surface area contributed by atoms with Crippen LogP contribution in [0.15, 0.2) is 163 Å². The first-order chi connectivity index (χ1) is 27.5. The summed E-state index contributed by atoms with van der Waals surface area (Å²) in [5.41, 5.74) is 13.9. The fraction of sp³-hybridized carbons (Fsp3) is 0.151. The molecule has 1 aliphatic rings. The molecule has 1 heterocycles. The van der Waals surface area contributed by atoms with Crippen LogP contribution in [0.1, 0.15) is 56.9 Å². The third kappa shape index (κ3) is 6.17. The maximum atomic E-state index is 9.68. The van der Waals surface area contributed by atoms with Gasteiger partial charge in [0.2, 0.25) is 0 Å². The Hall–Kier alpha value is -6.83. The van der Waals surface area contributed by atoms with E-state index < -0.39 is 0 Å². The highest BCUT2D eigenvalue weighted by atomic mass is 15.2. The molecule has 0 spiro atoms. The third-order valence-electron chi connectivity index (χ3n) is 11.5. The van der Waals surface area contributed by atoms with Crippen molar-refractivity contribution in [3.8, 4) is 6.07 Å². The first kappa shape index (κ1) is 35.8. The Morgan fingerprint density at radius 2 is 1.04 bits per heavy atom. The fourth-order valence-electron chi connectivity index (χ4n) is 8.49. The van der Waals surface area contributed by atoms with E-state index in [1.807, 2.05) is 24.3 Å². The Bertz CT molecular complexity index is 2900. The number of fused-ring (bicyclic) bond motifs is 6. The molecule has 4 bridgehead atoms. The molecule has 0 fully saturated rings. The van der Waals surface area contributed by atoms with Crippen LogP contribution in [-0.4, -0.2) is 0 Å². The second kappa shape index (κ2) is 13.7. The van der Waals surface area contributed by atoms with E-state index in [0.29, 0.717) is 5.56 Å². The summed E-state index contributed by atoms with van der Waals surface area (Å²) in [7, 11) is 0. The zero-order chi connectivity index (χ0) is 39.6. The van der Waals surface area contributed by atoms with E-state index >= 15 is 0 Å². The Morgan fingerprint density at radius 1 is 0.526 bits per heavy atom. The van der Waals surface area contributed by atoms with Gasteiger partial charge in [-0.25, -0.2) is 0 Å². The predicted molar refractivity (Wildman–Crippen MR) is 242 cm³/mol. The summed E-state index contributed by atoms with van der Waals surface area (Å²) in [5, 5.41) is 17.1. The molecule has 8 aromatic rings. The minimum Gasteiger partial charge on any atom is -0.314 e. The molecule has 0 saturated carbocycles. The third-order valence-corrected chi connectivity index (χ3v) is 11.5. The van der Waals surface area contributed by atoms with Gasteiger partial charge >= 0.3 is 0 Å². The molecule has 0 amide bonds. The van der Waals surface area contributed by atoms with Crippen LogP contribution in [0, 0.1) is 25.2 Å². The van der Waals surface area contributed by atoms with Crippen molar-refractivity contribution >= 4 is 72.1 Å². The fourth-order valence-corrected chi connectivity index (χ4v) is 8.49. The number of nitrogens with zero attached hydrogens (tertiary/aromatic N) is 4. The maximum Gasteiger partial charge on any atom is 0.0991 e. The molecule has 0 aliphatic carbocycles. The van der Waals surface area contributed by atoms with Crippen molar-refractivity contribution in [3.63, 3.8) is 0 Å². The molecule has 0 radical (unpaired) electrons. The molecular formula is C53H46N4. The topological polar surface area (TPSA) is 33.5 Å². The molecule has 0 N–H and O–H groups in total. The Balaban J connectivity index is 1.45. The minimum atomic E-state index is 0.0146. The first-order valence-corrected chi connectivity index (χ1v) is 19.8. The van der Waals surface area contributed by atoms with E-state index in [2.05, 4.69) is 197 Å². The van der Waals surface area contributed by atoms with E-state index in [9.17, 15) is 5.26 Å². The van der Waals surface area contributed by atoms with Crippen LogP contribution in [0.3, 0.4) is 0 Å². The molecule has 4 nitrogen and oxygen atoms in total. The van der Waals surface area contributed by atoms with Crippen LogP contribution >= 0.6 is 0 Å². The smallest absolute Gasteiger partial charge is 0.0991 e. The lowest BCUT2D eigenvalue weighted by molar-refractivity contribution is 0.591. The van der Waals surface area contributed by atoms with E-state index in [4.69, 9.17) is 0 Å². The molecule has 0 aromatic heterocycles. The molecule has 0 saturated heterocycles. The molecular weight excluding hydrogens is 693 g/mol. The van der Waals surface area contributed by atoms with E-state index in [0.717, 1.165) is 51.2 Å². The van der Waals surface area contributed by atoms with Gasteiger partial charge in [0.15, 0.2) is 0 Å². The summed E-state index contributed by atoms with van der Waals surface area (Å²) >= 11 is 0. The van der Waals surface area contributed by atoms with Crippen molar-refractivity contribution in [2.75, 3.05) is 14.7 Å². The lowest BCUT2D eigenvalue weighted by atomic mass is 9.83. The summed E-state index contributed by atoms with van der Waals surface area (Å²) in [4.78, 5) is 7.15. The van der Waals surface area contributed by atoms with Crippen molar-refractivity contribution in [3.05, 3.63) is 185 Å². The van der Waals surface area contributed by atoms with Crippen LogP contribution in [0.2, 0.25) is 0 Å². The molecule has 8 aromatic carbocycles. The standard InChI is InChI=1S/C53H46N4/c1-8-41-28-36(4)55(42-24-16-37(33-54)17-25-42)45-10-9-11-46(31-45)57(44-22-14-35(3)15-23-44)50-32-49(56(41)43-20-12-34(2)13-21-43)47-26-18-38-29-40(53(5,6)7)30-39-19-27-48(50)52(47)51(38)39/h8-32H,1-7H3/b36-28+,41-8+. The van der Waals surface area contributed by atoms with Gasteiger partial charge in [0.05, 0.1) is 23.0 Å². The normalized spacial score (nSPS) is 15.2. The van der Waals surface area contributed by atoms with Crippen molar-refractivity contribution in [2.24, 2.45) is 0 Å². The van der Waals surface area contributed by atoms with Gasteiger partial charge in [-0.3, -0.25) is 0 Å². The van der Waals surface area contributed by atoms with Crippen LogP contribution in [0.25, 0.3) is 32.3 Å². The van der Waals surface area contributed by atoms with Gasteiger partial charge < -0.3 is 14.7 Å². The quantitative estimate of drug-likeness (QED) is 0.169. The molecule has 1 aliphatic heterocycles. The zero-order valence-corrected chi connectivity index (χ0v) is 33.7. The Kier molecular flexibility index (Phi) is 8.63. The SMILES string of the molecule is C/C=C1\C=C(/C)N(c2ccc(C#N)cc2)c2cccc(c2)N(c2ccc(C)cc2)c2cc(c3ccc4cc(C(C)(C)C)cc5ccc2c3c45)N1c1ccc(C)cc1. The number of hydrogen-bond donors (Lipinski definition) is 0. The molecule has 4 heteroatoms. The summed E-state index contributed by atoms with van der Waals surface area (Å²) < 4.78 is 0. The summed E-state index contributed by atoms with van der Waals surface area (Å²) in [6.07, 6.45) is 4.50. The molecule has 9 rings (SSSR count). The summed E-state index contributed by atoms with van der Waals surface area (Å²) in [5.74, 6) is 0. The van der Waals surface area contributed by atoms with Gasteiger partial charge in [0, 0.05) is 56.0 Å². The van der Waals surface area contributed by atoms with Gasteiger partial charge in [-0.15, -0.1) is 0 Å². The highest BCUT2D eigenvalue weighted by molar-refractivity contribution is 6.29. The van der Waals surface area contributed by atoms with Crippen molar-refractivity contribution in [1.82, 2.24) is 0 Å². The maximum absolute atomic E-state index is 9.68. The summed E-state index contributed by atoms with van der Waals surface area (Å²) in [6.45, 7) is 15.5. The predicted octanol–water partition coefficient (Wildman–Crippen LogP) is 14.9. The minimum absolute atomic E-state index is 0.0146. The van der Waals surface area contributed by atoms with Crippen LogP contribution in [-0.2, 0) is 5.41 Å². The van der Waals surface area contributed by atoms with Crippen molar-refractivity contribution in [1.29, 1.82) is 5.26 Å².